The van der Waals surface area contributed by atoms with Crippen LogP contribution in [0.4, 0.5) is 16.2 Å². The van der Waals surface area contributed by atoms with E-state index < -0.39 is 0 Å². The van der Waals surface area contributed by atoms with Gasteiger partial charge in [-0.1, -0.05) is 38.8 Å². The number of carbonyl (C=O) groups excluding carboxylic acids is 1. The first-order valence-electron chi connectivity index (χ1n) is 9.33. The Balaban J connectivity index is 2.26. The minimum atomic E-state index is -0.108. The monoisotopic (exact) mass is 354 g/mol. The fourth-order valence-corrected chi connectivity index (χ4v) is 3.44. The maximum Gasteiger partial charge on any atom is 0.328 e. The van der Waals surface area contributed by atoms with Crippen LogP contribution in [0.1, 0.15) is 39.5 Å². The number of amides is 2. The van der Waals surface area contributed by atoms with E-state index in [4.69, 9.17) is 0 Å². The molecule has 26 heavy (non-hydrogen) atoms. The number of nitrogens with zero attached hydrogens (tertiary/aromatic N) is 2. The summed E-state index contributed by atoms with van der Waals surface area (Å²) >= 11 is 0. The van der Waals surface area contributed by atoms with Crippen LogP contribution in [0.25, 0.3) is 11.1 Å². The van der Waals surface area contributed by atoms with Gasteiger partial charge < -0.3 is 10.2 Å². The molecule has 138 valence electrons. The van der Waals surface area contributed by atoms with Crippen molar-refractivity contribution in [2.24, 2.45) is 0 Å². The maximum atomic E-state index is 13.4. The Kier molecular flexibility index (Phi) is 5.35. The quantitative estimate of drug-likeness (QED) is 0.757. The molecular weight excluding hydrogens is 328 g/mol. The molecule has 0 saturated carbocycles. The molecule has 5 heteroatoms. The standard InChI is InChI=1S/C21H26N2O3/c1-3-5-13-22-15-9-7-11-17(24)19(15)20-16(10-8-12-18(20)25)23(21(22)26)14-6-4-2/h7-12,24-25H,3-6,13-14H2,1-2H3. The van der Waals surface area contributed by atoms with Gasteiger partial charge in [0.05, 0.1) is 22.5 Å². The van der Waals surface area contributed by atoms with Crippen molar-refractivity contribution in [1.29, 1.82) is 0 Å². The molecule has 3 rings (SSSR count). The highest BCUT2D eigenvalue weighted by molar-refractivity contribution is 6.13. The molecule has 0 spiro atoms. The summed E-state index contributed by atoms with van der Waals surface area (Å²) in [6.45, 7) is 5.31. The highest BCUT2D eigenvalue weighted by Crippen LogP contribution is 2.49. The van der Waals surface area contributed by atoms with Gasteiger partial charge in [0.1, 0.15) is 11.5 Å². The number of unbranched alkanes of at least 4 members (excludes halogenated alkanes) is 2. The van der Waals surface area contributed by atoms with Crippen molar-refractivity contribution in [2.75, 3.05) is 22.9 Å². The van der Waals surface area contributed by atoms with Gasteiger partial charge in [-0.05, 0) is 37.1 Å². The SMILES string of the molecule is CCCCN1C(=O)N(CCCC)c2cccc(O)c2-c2c(O)cccc21. The van der Waals surface area contributed by atoms with Crippen LogP contribution in [0.5, 0.6) is 11.5 Å². The fourth-order valence-electron chi connectivity index (χ4n) is 3.44. The second kappa shape index (κ2) is 7.68. The molecule has 0 radical (unpaired) electrons. The molecule has 2 aromatic rings. The second-order valence-corrected chi connectivity index (χ2v) is 6.64. The lowest BCUT2D eigenvalue weighted by molar-refractivity contribution is 0.251. The number of hydrogen-bond donors (Lipinski definition) is 2. The van der Waals surface area contributed by atoms with Crippen molar-refractivity contribution < 1.29 is 15.0 Å². The zero-order chi connectivity index (χ0) is 18.7. The lowest BCUT2D eigenvalue weighted by atomic mass is 9.99. The molecule has 2 aromatic carbocycles. The summed E-state index contributed by atoms with van der Waals surface area (Å²) < 4.78 is 0. The summed E-state index contributed by atoms with van der Waals surface area (Å²) in [7, 11) is 0. The highest BCUT2D eigenvalue weighted by Gasteiger charge is 2.33. The fraction of sp³-hybridized carbons (Fsp3) is 0.381. The molecule has 0 atom stereocenters. The second-order valence-electron chi connectivity index (χ2n) is 6.64. The highest BCUT2D eigenvalue weighted by atomic mass is 16.3. The van der Waals surface area contributed by atoms with Gasteiger partial charge in [-0.25, -0.2) is 4.79 Å². The number of urea groups is 1. The van der Waals surface area contributed by atoms with E-state index in [2.05, 4.69) is 13.8 Å². The average Bonchev–Trinajstić information content (AvgIpc) is 2.73. The van der Waals surface area contributed by atoms with E-state index in [9.17, 15) is 15.0 Å². The molecule has 0 fully saturated rings. The van der Waals surface area contributed by atoms with Crippen molar-refractivity contribution in [3.05, 3.63) is 36.4 Å². The molecule has 2 amide bonds. The van der Waals surface area contributed by atoms with Crippen LogP contribution in [0, 0.1) is 0 Å². The average molecular weight is 354 g/mol. The van der Waals surface area contributed by atoms with Crippen molar-refractivity contribution in [3.63, 3.8) is 0 Å². The lowest BCUT2D eigenvalue weighted by Gasteiger charge is -2.29. The van der Waals surface area contributed by atoms with Gasteiger partial charge in [0.15, 0.2) is 0 Å². The molecule has 0 aliphatic carbocycles. The molecule has 1 heterocycles. The van der Waals surface area contributed by atoms with Crippen molar-refractivity contribution in [3.8, 4) is 22.6 Å². The van der Waals surface area contributed by atoms with Gasteiger partial charge >= 0.3 is 6.03 Å². The normalized spacial score (nSPS) is 13.4. The number of aromatic hydroxyl groups is 2. The molecule has 1 aliphatic heterocycles. The van der Waals surface area contributed by atoms with E-state index in [1.807, 2.05) is 12.1 Å². The minimum absolute atomic E-state index is 0.0666. The zero-order valence-electron chi connectivity index (χ0n) is 15.4. The number of hydrogen-bond acceptors (Lipinski definition) is 3. The zero-order valence-corrected chi connectivity index (χ0v) is 15.4. The van der Waals surface area contributed by atoms with Gasteiger partial charge in [0.25, 0.3) is 0 Å². The van der Waals surface area contributed by atoms with Crippen LogP contribution >= 0.6 is 0 Å². The summed E-state index contributed by atoms with van der Waals surface area (Å²) in [5, 5.41) is 21.2. The minimum Gasteiger partial charge on any atom is -0.507 e. The van der Waals surface area contributed by atoms with Crippen LogP contribution in [-0.4, -0.2) is 29.3 Å². The summed E-state index contributed by atoms with van der Waals surface area (Å²) in [5.74, 6) is 0.133. The Morgan fingerprint density at radius 3 is 1.58 bits per heavy atom. The number of benzene rings is 2. The first kappa shape index (κ1) is 18.1. The van der Waals surface area contributed by atoms with E-state index in [0.717, 1.165) is 25.7 Å². The van der Waals surface area contributed by atoms with Crippen LogP contribution < -0.4 is 9.80 Å². The molecule has 1 aliphatic rings. The molecule has 2 N–H and O–H groups in total. The van der Waals surface area contributed by atoms with E-state index in [1.54, 1.807) is 34.1 Å². The topological polar surface area (TPSA) is 64.0 Å². The summed E-state index contributed by atoms with van der Waals surface area (Å²) in [6, 6.07) is 10.2. The number of carbonyl (C=O) groups is 1. The molecule has 0 aromatic heterocycles. The third kappa shape index (κ3) is 3.09. The Hall–Kier alpha value is -2.69. The molecule has 0 unspecified atom stereocenters. The Morgan fingerprint density at radius 1 is 0.769 bits per heavy atom. The lowest BCUT2D eigenvalue weighted by Crippen LogP contribution is -2.43. The summed E-state index contributed by atoms with van der Waals surface area (Å²) in [6.07, 6.45) is 3.66. The van der Waals surface area contributed by atoms with Crippen LogP contribution in [-0.2, 0) is 0 Å². The summed E-state index contributed by atoms with van der Waals surface area (Å²) in [5.41, 5.74) is 2.32. The number of anilines is 2. The van der Waals surface area contributed by atoms with Crippen molar-refractivity contribution in [1.82, 2.24) is 0 Å². The van der Waals surface area contributed by atoms with Gasteiger partial charge in [-0.3, -0.25) is 9.80 Å². The van der Waals surface area contributed by atoms with Gasteiger partial charge in [-0.15, -0.1) is 0 Å². The van der Waals surface area contributed by atoms with E-state index >= 15 is 0 Å². The maximum absolute atomic E-state index is 13.4. The number of phenolic OH excluding ortho intramolecular Hbond substituents is 2. The first-order valence-corrected chi connectivity index (χ1v) is 9.33. The van der Waals surface area contributed by atoms with E-state index in [-0.39, 0.29) is 17.5 Å². The number of fused-ring (bicyclic) bond motifs is 3. The van der Waals surface area contributed by atoms with Crippen molar-refractivity contribution >= 4 is 17.4 Å². The summed E-state index contributed by atoms with van der Waals surface area (Å²) in [4.78, 5) is 16.9. The number of rotatable bonds is 6. The predicted molar refractivity (Wildman–Crippen MR) is 105 cm³/mol. The van der Waals surface area contributed by atoms with Crippen LogP contribution in [0.3, 0.4) is 0 Å². The molecule has 0 saturated heterocycles. The van der Waals surface area contributed by atoms with Crippen LogP contribution in [0.15, 0.2) is 36.4 Å². The Morgan fingerprint density at radius 2 is 1.19 bits per heavy atom. The molecular formula is C21H26N2O3. The van der Waals surface area contributed by atoms with Crippen LogP contribution in [0.2, 0.25) is 0 Å². The predicted octanol–water partition coefficient (Wildman–Crippen LogP) is 5.11. The van der Waals surface area contributed by atoms with Gasteiger partial charge in [0.2, 0.25) is 0 Å². The smallest absolute Gasteiger partial charge is 0.328 e. The van der Waals surface area contributed by atoms with E-state index in [0.29, 0.717) is 35.6 Å². The first-order chi connectivity index (χ1) is 12.6. The third-order valence-electron chi connectivity index (χ3n) is 4.80. The van der Waals surface area contributed by atoms with Gasteiger partial charge in [0, 0.05) is 13.1 Å². The van der Waals surface area contributed by atoms with Crippen molar-refractivity contribution in [2.45, 2.75) is 39.5 Å². The van der Waals surface area contributed by atoms with E-state index in [1.165, 1.54) is 0 Å². The Labute approximate surface area is 154 Å². The molecule has 0 bridgehead atoms. The largest absolute Gasteiger partial charge is 0.507 e. The third-order valence-corrected chi connectivity index (χ3v) is 4.80. The molecule has 5 nitrogen and oxygen atoms in total. The van der Waals surface area contributed by atoms with Gasteiger partial charge in [-0.2, -0.15) is 0 Å². The number of phenols is 2. The Bertz CT molecular complexity index is 738.